The predicted octanol–water partition coefficient (Wildman–Crippen LogP) is 2.99. The summed E-state index contributed by atoms with van der Waals surface area (Å²) in [6, 6.07) is 8.55. The van der Waals surface area contributed by atoms with Crippen molar-refractivity contribution in [2.75, 3.05) is 33.9 Å². The fourth-order valence-corrected chi connectivity index (χ4v) is 3.65. The summed E-state index contributed by atoms with van der Waals surface area (Å²) in [7, 11) is 5.40. The molecule has 0 radical (unpaired) electrons. The highest BCUT2D eigenvalue weighted by atomic mass is 127. The Morgan fingerprint density at radius 1 is 1.17 bits per heavy atom. The largest absolute Gasteiger partial charge is 0.497 e. The van der Waals surface area contributed by atoms with Gasteiger partial charge < -0.3 is 24.7 Å². The standard InChI is InChI=1S/C22H33N5O2.HI/c1-5-23-22(24-13-17-6-8-26(2)14-17)25-19-7-9-27(16-19)15-18-10-20(28-3)12-21(11-18)29-4;/h6,8,10-12,14,19H,5,7,9,13,15-16H2,1-4H3,(H2,23,24,25);1H. The third kappa shape index (κ3) is 7.09. The minimum Gasteiger partial charge on any atom is -0.497 e. The molecule has 2 aromatic rings. The molecule has 30 heavy (non-hydrogen) atoms. The van der Waals surface area contributed by atoms with Crippen molar-refractivity contribution >= 4 is 29.9 Å². The van der Waals surface area contributed by atoms with Gasteiger partial charge in [0.25, 0.3) is 0 Å². The van der Waals surface area contributed by atoms with Gasteiger partial charge >= 0.3 is 0 Å². The smallest absolute Gasteiger partial charge is 0.191 e. The molecular formula is C22H34IN5O2. The van der Waals surface area contributed by atoms with E-state index in [4.69, 9.17) is 14.5 Å². The van der Waals surface area contributed by atoms with Gasteiger partial charge in [-0.25, -0.2) is 4.99 Å². The second-order valence-corrected chi connectivity index (χ2v) is 7.47. The van der Waals surface area contributed by atoms with Gasteiger partial charge in [-0.3, -0.25) is 4.90 Å². The monoisotopic (exact) mass is 527 g/mol. The molecule has 2 N–H and O–H groups in total. The predicted molar refractivity (Wildman–Crippen MR) is 132 cm³/mol. The minimum absolute atomic E-state index is 0. The van der Waals surface area contributed by atoms with Gasteiger partial charge in [-0.2, -0.15) is 0 Å². The van der Waals surface area contributed by atoms with E-state index < -0.39 is 0 Å². The molecule has 166 valence electrons. The van der Waals surface area contributed by atoms with Crippen molar-refractivity contribution in [1.29, 1.82) is 0 Å². The molecule has 1 aliphatic rings. The van der Waals surface area contributed by atoms with Crippen molar-refractivity contribution in [3.05, 3.63) is 47.8 Å². The molecule has 1 aromatic carbocycles. The number of guanidine groups is 1. The third-order valence-corrected chi connectivity index (χ3v) is 5.09. The SMILES string of the molecule is CCNC(=NCc1ccn(C)c1)NC1CCN(Cc2cc(OC)cc(OC)c2)C1.I. The molecule has 0 aliphatic carbocycles. The van der Waals surface area contributed by atoms with Crippen molar-refractivity contribution in [3.8, 4) is 11.5 Å². The highest BCUT2D eigenvalue weighted by molar-refractivity contribution is 14.0. The molecule has 1 atom stereocenters. The first-order chi connectivity index (χ1) is 14.1. The summed E-state index contributed by atoms with van der Waals surface area (Å²) >= 11 is 0. The van der Waals surface area contributed by atoms with Crippen LogP contribution in [0, 0.1) is 0 Å². The van der Waals surface area contributed by atoms with Crippen molar-refractivity contribution in [2.24, 2.45) is 12.0 Å². The van der Waals surface area contributed by atoms with Crippen LogP contribution in [-0.2, 0) is 20.1 Å². The molecule has 0 bridgehead atoms. The molecule has 0 saturated carbocycles. The van der Waals surface area contributed by atoms with Crippen LogP contribution in [0.3, 0.4) is 0 Å². The van der Waals surface area contributed by atoms with Crippen LogP contribution in [-0.4, -0.2) is 55.3 Å². The summed E-state index contributed by atoms with van der Waals surface area (Å²) in [4.78, 5) is 7.20. The number of methoxy groups -OCH3 is 2. The number of ether oxygens (including phenoxy) is 2. The Bertz CT molecular complexity index is 801. The maximum absolute atomic E-state index is 5.39. The van der Waals surface area contributed by atoms with E-state index in [0.29, 0.717) is 12.6 Å². The molecule has 1 unspecified atom stereocenters. The van der Waals surface area contributed by atoms with Gasteiger partial charge in [-0.05, 0) is 42.7 Å². The lowest BCUT2D eigenvalue weighted by atomic mass is 10.2. The summed E-state index contributed by atoms with van der Waals surface area (Å²) in [5.41, 5.74) is 2.41. The van der Waals surface area contributed by atoms with Crippen molar-refractivity contribution in [3.63, 3.8) is 0 Å². The van der Waals surface area contributed by atoms with E-state index in [1.165, 1.54) is 11.1 Å². The molecule has 1 aliphatic heterocycles. The summed E-state index contributed by atoms with van der Waals surface area (Å²) in [5.74, 6) is 2.54. The number of nitrogens with one attached hydrogen (secondary N) is 2. The first-order valence-corrected chi connectivity index (χ1v) is 10.2. The van der Waals surface area contributed by atoms with Crippen LogP contribution in [0.2, 0.25) is 0 Å². The van der Waals surface area contributed by atoms with Gasteiger partial charge in [0.1, 0.15) is 11.5 Å². The number of aryl methyl sites for hydroxylation is 1. The maximum Gasteiger partial charge on any atom is 0.191 e. The fraction of sp³-hybridized carbons (Fsp3) is 0.500. The summed E-state index contributed by atoms with van der Waals surface area (Å²) in [6.07, 6.45) is 5.25. The van der Waals surface area contributed by atoms with Crippen LogP contribution in [0.4, 0.5) is 0 Å². The first-order valence-electron chi connectivity index (χ1n) is 10.2. The zero-order valence-corrected chi connectivity index (χ0v) is 20.7. The molecule has 0 amide bonds. The highest BCUT2D eigenvalue weighted by Gasteiger charge is 2.23. The summed E-state index contributed by atoms with van der Waals surface area (Å²) < 4.78 is 12.8. The fourth-order valence-electron chi connectivity index (χ4n) is 3.65. The Labute approximate surface area is 196 Å². The Hall–Kier alpha value is -1.94. The quantitative estimate of drug-likeness (QED) is 0.314. The zero-order valence-electron chi connectivity index (χ0n) is 18.4. The molecule has 1 fully saturated rings. The minimum atomic E-state index is 0. The molecule has 7 nitrogen and oxygen atoms in total. The second kappa shape index (κ2) is 12.0. The molecule has 3 rings (SSSR count). The Balaban J connectivity index is 0.00000320. The van der Waals surface area contributed by atoms with Crippen LogP contribution in [0.1, 0.15) is 24.5 Å². The maximum atomic E-state index is 5.39. The molecule has 0 spiro atoms. The van der Waals surface area contributed by atoms with Crippen LogP contribution < -0.4 is 20.1 Å². The summed E-state index contributed by atoms with van der Waals surface area (Å²) in [5, 5.41) is 6.96. The second-order valence-electron chi connectivity index (χ2n) is 7.47. The Morgan fingerprint density at radius 2 is 1.90 bits per heavy atom. The van der Waals surface area contributed by atoms with Crippen LogP contribution in [0.5, 0.6) is 11.5 Å². The number of halogens is 1. The van der Waals surface area contributed by atoms with Gasteiger partial charge in [-0.1, -0.05) is 0 Å². The number of hydrogen-bond acceptors (Lipinski definition) is 4. The van der Waals surface area contributed by atoms with Crippen LogP contribution in [0.15, 0.2) is 41.7 Å². The zero-order chi connectivity index (χ0) is 20.6. The number of hydrogen-bond donors (Lipinski definition) is 2. The lowest BCUT2D eigenvalue weighted by Crippen LogP contribution is -2.44. The van der Waals surface area contributed by atoms with Crippen LogP contribution in [0.25, 0.3) is 0 Å². The average molecular weight is 527 g/mol. The molecule has 8 heteroatoms. The van der Waals surface area contributed by atoms with E-state index >= 15 is 0 Å². The number of aromatic nitrogens is 1. The van der Waals surface area contributed by atoms with Gasteiger partial charge in [0.15, 0.2) is 5.96 Å². The highest BCUT2D eigenvalue weighted by Crippen LogP contribution is 2.24. The molecule has 2 heterocycles. The van der Waals surface area contributed by atoms with Gasteiger partial charge in [-0.15, -0.1) is 24.0 Å². The Morgan fingerprint density at radius 3 is 2.50 bits per heavy atom. The van der Waals surface area contributed by atoms with E-state index in [0.717, 1.165) is 50.1 Å². The van der Waals surface area contributed by atoms with Gasteiger partial charge in [0.05, 0.1) is 20.8 Å². The van der Waals surface area contributed by atoms with E-state index in [2.05, 4.69) is 46.9 Å². The van der Waals surface area contributed by atoms with E-state index in [1.807, 2.05) is 23.9 Å². The molecular weight excluding hydrogens is 493 g/mol. The lowest BCUT2D eigenvalue weighted by molar-refractivity contribution is 0.321. The number of nitrogens with zero attached hydrogens (tertiary/aromatic N) is 3. The number of aliphatic imine (C=N–C) groups is 1. The van der Waals surface area contributed by atoms with Gasteiger partial charge in [0.2, 0.25) is 0 Å². The molecule has 1 saturated heterocycles. The number of likely N-dealkylation sites (tertiary alicyclic amines) is 1. The van der Waals surface area contributed by atoms with Crippen molar-refractivity contribution < 1.29 is 9.47 Å². The Kier molecular flexibility index (Phi) is 9.77. The van der Waals surface area contributed by atoms with Gasteiger partial charge in [0, 0.05) is 57.7 Å². The third-order valence-electron chi connectivity index (χ3n) is 5.09. The first kappa shape index (κ1) is 24.3. The normalized spacial score (nSPS) is 16.8. The molecule has 1 aromatic heterocycles. The average Bonchev–Trinajstić information content (AvgIpc) is 3.34. The number of rotatable bonds is 8. The van der Waals surface area contributed by atoms with Crippen molar-refractivity contribution in [2.45, 2.75) is 32.5 Å². The lowest BCUT2D eigenvalue weighted by Gasteiger charge is -2.19. The van der Waals surface area contributed by atoms with E-state index in [9.17, 15) is 0 Å². The summed E-state index contributed by atoms with van der Waals surface area (Å²) in [6.45, 7) is 6.53. The van der Waals surface area contributed by atoms with E-state index in [1.54, 1.807) is 14.2 Å². The number of benzene rings is 1. The van der Waals surface area contributed by atoms with E-state index in [-0.39, 0.29) is 24.0 Å². The van der Waals surface area contributed by atoms with Crippen molar-refractivity contribution in [1.82, 2.24) is 20.1 Å². The van der Waals surface area contributed by atoms with Crippen LogP contribution >= 0.6 is 24.0 Å². The topological polar surface area (TPSA) is 63.1 Å².